The number of nitrogens with one attached hydrogen (secondary N) is 2. The molecule has 0 unspecified atom stereocenters. The first-order valence-corrected chi connectivity index (χ1v) is 10.7. The zero-order valence-corrected chi connectivity index (χ0v) is 17.0. The Balaban J connectivity index is 1.74. The molecule has 0 aromatic heterocycles. The Labute approximate surface area is 180 Å². The molecule has 4 atom stereocenters. The highest BCUT2D eigenvalue weighted by atomic mass is 16.2. The number of hydrogen-bond acceptors (Lipinski definition) is 4. The molecule has 0 bridgehead atoms. The van der Waals surface area contributed by atoms with E-state index in [0.717, 1.165) is 24.0 Å². The van der Waals surface area contributed by atoms with Gasteiger partial charge in [0.25, 0.3) is 11.8 Å². The number of benzene rings is 2. The first-order valence-electron chi connectivity index (χ1n) is 10.7. The molecule has 31 heavy (non-hydrogen) atoms. The molecule has 6 heteroatoms. The molecular weight excluding hydrogens is 390 g/mol. The molecule has 1 aliphatic carbocycles. The molecule has 3 aliphatic heterocycles. The van der Waals surface area contributed by atoms with Crippen molar-refractivity contribution in [2.45, 2.75) is 35.3 Å². The fourth-order valence-corrected chi connectivity index (χ4v) is 7.53. The lowest BCUT2D eigenvalue weighted by Crippen LogP contribution is -2.76. The van der Waals surface area contributed by atoms with Crippen molar-refractivity contribution in [1.29, 1.82) is 0 Å². The summed E-state index contributed by atoms with van der Waals surface area (Å²) in [5.74, 6) is -1.19. The Morgan fingerprint density at radius 2 is 1.48 bits per heavy atom. The minimum Gasteiger partial charge on any atom is -0.277 e. The molecule has 0 radical (unpaired) electrons. The summed E-state index contributed by atoms with van der Waals surface area (Å²) in [6.45, 7) is 4.79. The zero-order chi connectivity index (χ0) is 21.4. The van der Waals surface area contributed by atoms with E-state index < -0.39 is 34.2 Å². The molecule has 4 aliphatic rings. The second-order valence-corrected chi connectivity index (χ2v) is 8.92. The van der Waals surface area contributed by atoms with Gasteiger partial charge in [0.2, 0.25) is 0 Å². The van der Waals surface area contributed by atoms with Crippen LogP contribution in [0.4, 0.5) is 4.79 Å². The largest absolute Gasteiger partial charge is 0.328 e. The molecule has 6 nitrogen and oxygen atoms in total. The number of fused-ring (bicyclic) bond motifs is 5. The van der Waals surface area contributed by atoms with E-state index in [1.165, 1.54) is 0 Å². The van der Waals surface area contributed by atoms with Crippen molar-refractivity contribution < 1.29 is 14.4 Å². The van der Waals surface area contributed by atoms with Gasteiger partial charge in [0.1, 0.15) is 0 Å². The summed E-state index contributed by atoms with van der Waals surface area (Å²) in [5, 5.41) is 4.87. The average Bonchev–Trinajstić information content (AvgIpc) is 3.03. The van der Waals surface area contributed by atoms with Crippen molar-refractivity contribution in [2.24, 2.45) is 5.92 Å². The molecule has 4 amide bonds. The maximum absolute atomic E-state index is 13.8. The lowest BCUT2D eigenvalue weighted by molar-refractivity contribution is -0.149. The Morgan fingerprint density at radius 3 is 2.06 bits per heavy atom. The molecule has 2 aromatic carbocycles. The fraction of sp³-hybridized carbons (Fsp3) is 0.320. The molecule has 1 saturated carbocycles. The van der Waals surface area contributed by atoms with Gasteiger partial charge >= 0.3 is 6.03 Å². The Kier molecular flexibility index (Phi) is 3.53. The minimum atomic E-state index is -1.52. The van der Waals surface area contributed by atoms with Gasteiger partial charge in [-0.1, -0.05) is 66.7 Å². The van der Waals surface area contributed by atoms with Gasteiger partial charge in [0, 0.05) is 23.9 Å². The normalized spacial score (nSPS) is 35.3. The number of rotatable bonds is 3. The number of nitrogens with zero attached hydrogens (tertiary/aromatic N) is 1. The van der Waals surface area contributed by atoms with Gasteiger partial charge in [-0.2, -0.15) is 0 Å². The SMILES string of the molecule is C=C[C@H]1[C@@]2(c3ccccc3)[C@H]3CCCN3C3(C(=O)NC(=O)NC3=O)[C@@]12c1ccccc1. The number of amides is 4. The van der Waals surface area contributed by atoms with E-state index in [9.17, 15) is 14.4 Å². The van der Waals surface area contributed by atoms with Crippen LogP contribution in [0.3, 0.4) is 0 Å². The van der Waals surface area contributed by atoms with Crippen LogP contribution in [0, 0.1) is 5.92 Å². The summed E-state index contributed by atoms with van der Waals surface area (Å²) in [7, 11) is 0. The van der Waals surface area contributed by atoms with Gasteiger partial charge < -0.3 is 0 Å². The number of allylic oxidation sites excluding steroid dienone is 1. The number of carbonyl (C=O) groups excluding carboxylic acids is 3. The maximum atomic E-state index is 13.8. The summed E-state index contributed by atoms with van der Waals surface area (Å²) in [6.07, 6.45) is 3.68. The van der Waals surface area contributed by atoms with E-state index in [2.05, 4.69) is 34.2 Å². The lowest BCUT2D eigenvalue weighted by atomic mass is 9.68. The highest BCUT2D eigenvalue weighted by molar-refractivity contribution is 6.25. The van der Waals surface area contributed by atoms with Crippen LogP contribution in [-0.4, -0.2) is 40.9 Å². The van der Waals surface area contributed by atoms with Gasteiger partial charge in [0.05, 0.1) is 5.41 Å². The predicted molar refractivity (Wildman–Crippen MR) is 114 cm³/mol. The molecule has 2 aromatic rings. The molecule has 6 rings (SSSR count). The van der Waals surface area contributed by atoms with Gasteiger partial charge in [-0.15, -0.1) is 6.58 Å². The Bertz CT molecular complexity index is 1110. The van der Waals surface area contributed by atoms with E-state index in [1.54, 1.807) is 0 Å². The predicted octanol–water partition coefficient (Wildman–Crippen LogP) is 2.26. The highest BCUT2D eigenvalue weighted by Gasteiger charge is 2.96. The van der Waals surface area contributed by atoms with E-state index in [0.29, 0.717) is 6.54 Å². The van der Waals surface area contributed by atoms with Crippen LogP contribution in [0.2, 0.25) is 0 Å². The van der Waals surface area contributed by atoms with Crippen LogP contribution in [0.5, 0.6) is 0 Å². The molecule has 3 saturated heterocycles. The Morgan fingerprint density at radius 1 is 0.903 bits per heavy atom. The van der Waals surface area contributed by atoms with Crippen LogP contribution in [-0.2, 0) is 20.4 Å². The van der Waals surface area contributed by atoms with Crippen LogP contribution < -0.4 is 10.6 Å². The van der Waals surface area contributed by atoms with Crippen LogP contribution in [0.25, 0.3) is 0 Å². The van der Waals surface area contributed by atoms with Gasteiger partial charge in [-0.3, -0.25) is 25.1 Å². The van der Waals surface area contributed by atoms with Gasteiger partial charge in [-0.25, -0.2) is 4.79 Å². The number of carbonyl (C=O) groups is 3. The second-order valence-electron chi connectivity index (χ2n) is 8.92. The third-order valence-electron chi connectivity index (χ3n) is 8.13. The van der Waals surface area contributed by atoms with Crippen LogP contribution in [0.15, 0.2) is 73.3 Å². The molecule has 156 valence electrons. The quantitative estimate of drug-likeness (QED) is 0.598. The van der Waals surface area contributed by atoms with E-state index in [1.807, 2.05) is 54.6 Å². The molecular formula is C25H23N3O3. The number of piperidine rings is 1. The monoisotopic (exact) mass is 413 g/mol. The number of imide groups is 2. The number of hydrogen-bond donors (Lipinski definition) is 2. The standard InChI is InChI=1S/C25H23N3O3/c1-2-18-23(16-10-5-3-6-11-16)19-14-9-15-28(19)25(20(29)26-22(31)27-21(25)30)24(18,23)17-12-7-4-8-13-17/h2-8,10-13,18-19H,1,9,14-15H2,(H2,26,27,29,30,31)/t18-,19+,23-,24-/m0/s1. The smallest absolute Gasteiger partial charge is 0.277 e. The van der Waals surface area contributed by atoms with E-state index >= 15 is 0 Å². The minimum absolute atomic E-state index is 0.0113. The van der Waals surface area contributed by atoms with Crippen molar-refractivity contribution in [2.75, 3.05) is 6.54 Å². The summed E-state index contributed by atoms with van der Waals surface area (Å²) in [6, 6.07) is 19.2. The lowest BCUT2D eigenvalue weighted by Gasteiger charge is -2.45. The van der Waals surface area contributed by atoms with Crippen molar-refractivity contribution in [3.05, 3.63) is 84.4 Å². The third kappa shape index (κ3) is 1.75. The molecule has 1 spiro atoms. The number of barbiturate groups is 1. The second kappa shape index (κ2) is 5.92. The molecule has 4 fully saturated rings. The van der Waals surface area contributed by atoms with Crippen molar-refractivity contribution in [1.82, 2.24) is 15.5 Å². The fourth-order valence-electron chi connectivity index (χ4n) is 7.53. The van der Waals surface area contributed by atoms with Gasteiger partial charge in [-0.05, 0) is 24.0 Å². The Hall–Kier alpha value is -3.25. The van der Waals surface area contributed by atoms with Crippen molar-refractivity contribution in [3.63, 3.8) is 0 Å². The molecule has 2 N–H and O–H groups in total. The summed E-state index contributed by atoms with van der Waals surface area (Å²) in [5.41, 5.74) is -0.821. The first-order chi connectivity index (χ1) is 15.1. The topological polar surface area (TPSA) is 78.5 Å². The summed E-state index contributed by atoms with van der Waals surface area (Å²) in [4.78, 5) is 41.7. The number of urea groups is 1. The van der Waals surface area contributed by atoms with E-state index in [-0.39, 0.29) is 12.0 Å². The summed E-state index contributed by atoms with van der Waals surface area (Å²) < 4.78 is 0. The zero-order valence-electron chi connectivity index (χ0n) is 17.0. The van der Waals surface area contributed by atoms with Crippen molar-refractivity contribution >= 4 is 17.8 Å². The van der Waals surface area contributed by atoms with Crippen LogP contribution >= 0.6 is 0 Å². The third-order valence-corrected chi connectivity index (χ3v) is 8.13. The van der Waals surface area contributed by atoms with Crippen LogP contribution in [0.1, 0.15) is 24.0 Å². The first kappa shape index (κ1) is 18.5. The average molecular weight is 413 g/mol. The highest BCUT2D eigenvalue weighted by Crippen LogP contribution is 2.83. The van der Waals surface area contributed by atoms with Crippen molar-refractivity contribution in [3.8, 4) is 0 Å². The van der Waals surface area contributed by atoms with Gasteiger partial charge in [0.15, 0.2) is 5.54 Å². The molecule has 3 heterocycles. The van der Waals surface area contributed by atoms with E-state index in [4.69, 9.17) is 0 Å². The maximum Gasteiger partial charge on any atom is 0.328 e. The summed E-state index contributed by atoms with van der Waals surface area (Å²) >= 11 is 0.